The van der Waals surface area contributed by atoms with Crippen molar-refractivity contribution in [3.8, 4) is 5.75 Å². The molecule has 4 nitrogen and oxygen atoms in total. The maximum atomic E-state index is 15.0. The molecule has 0 aliphatic carbocycles. The predicted molar refractivity (Wildman–Crippen MR) is 108 cm³/mol. The third-order valence-electron chi connectivity index (χ3n) is 4.73. The first kappa shape index (κ1) is 17.7. The Kier molecular flexibility index (Phi) is 4.44. The molecule has 0 radical (unpaired) electrons. The third kappa shape index (κ3) is 2.90. The van der Waals surface area contributed by atoms with E-state index in [-0.39, 0.29) is 17.6 Å². The summed E-state index contributed by atoms with van der Waals surface area (Å²) in [6, 6.07) is 12.6. The summed E-state index contributed by atoms with van der Waals surface area (Å²) in [7, 11) is 1.60. The summed E-state index contributed by atoms with van der Waals surface area (Å²) in [5.41, 5.74) is 1.53. The van der Waals surface area contributed by atoms with Crippen LogP contribution >= 0.6 is 15.9 Å². The highest BCUT2D eigenvalue weighted by molar-refractivity contribution is 9.10. The number of hydrogen-bond donors (Lipinski definition) is 0. The van der Waals surface area contributed by atoms with Crippen LogP contribution in [0.2, 0.25) is 0 Å². The standard InChI is InChI=1S/C21H16BrFN2O2/c1-12-18-15(9-10-24-12)16-7-8-17(22)19(23)20(16)25(21(18)26)11-13-3-5-14(27-2)6-4-13/h3-10H,11H2,1-2H3. The fourth-order valence-corrected chi connectivity index (χ4v) is 3.70. The van der Waals surface area contributed by atoms with Gasteiger partial charge in [0.15, 0.2) is 5.82 Å². The van der Waals surface area contributed by atoms with Gasteiger partial charge in [0.2, 0.25) is 0 Å². The lowest BCUT2D eigenvalue weighted by molar-refractivity contribution is 0.414. The first-order chi connectivity index (χ1) is 13.0. The van der Waals surface area contributed by atoms with E-state index in [1.807, 2.05) is 30.3 Å². The Labute approximate surface area is 163 Å². The average Bonchev–Trinajstić information content (AvgIpc) is 2.68. The Morgan fingerprint density at radius 2 is 1.85 bits per heavy atom. The zero-order valence-electron chi connectivity index (χ0n) is 14.8. The molecule has 6 heteroatoms. The molecule has 2 aromatic heterocycles. The molecule has 0 saturated heterocycles. The van der Waals surface area contributed by atoms with Crippen LogP contribution in [0.1, 0.15) is 11.3 Å². The number of halogens is 2. The average molecular weight is 427 g/mol. The Morgan fingerprint density at radius 1 is 1.11 bits per heavy atom. The van der Waals surface area contributed by atoms with E-state index in [2.05, 4.69) is 20.9 Å². The fourth-order valence-electron chi connectivity index (χ4n) is 3.38. The number of fused-ring (bicyclic) bond motifs is 3. The first-order valence-electron chi connectivity index (χ1n) is 8.40. The number of methoxy groups -OCH3 is 1. The monoisotopic (exact) mass is 426 g/mol. The first-order valence-corrected chi connectivity index (χ1v) is 9.19. The number of aryl methyl sites for hydroxylation is 1. The van der Waals surface area contributed by atoms with E-state index in [9.17, 15) is 4.79 Å². The van der Waals surface area contributed by atoms with E-state index >= 15 is 4.39 Å². The molecular weight excluding hydrogens is 411 g/mol. The van der Waals surface area contributed by atoms with Crippen molar-refractivity contribution in [3.63, 3.8) is 0 Å². The van der Waals surface area contributed by atoms with Crippen LogP contribution in [0.25, 0.3) is 21.7 Å². The summed E-state index contributed by atoms with van der Waals surface area (Å²) in [5.74, 6) is 0.276. The molecular formula is C21H16BrFN2O2. The van der Waals surface area contributed by atoms with Gasteiger partial charge in [0, 0.05) is 11.6 Å². The molecule has 0 aliphatic rings. The normalized spacial score (nSPS) is 11.3. The van der Waals surface area contributed by atoms with Crippen molar-refractivity contribution in [1.82, 2.24) is 9.55 Å². The third-order valence-corrected chi connectivity index (χ3v) is 5.34. The molecule has 0 bridgehead atoms. The van der Waals surface area contributed by atoms with E-state index in [4.69, 9.17) is 4.74 Å². The Hall–Kier alpha value is -2.73. The molecule has 0 aliphatic heterocycles. The molecule has 4 aromatic rings. The van der Waals surface area contributed by atoms with Crippen LogP contribution < -0.4 is 10.3 Å². The molecule has 2 aromatic carbocycles. The number of rotatable bonds is 3. The number of pyridine rings is 2. The van der Waals surface area contributed by atoms with Crippen LogP contribution in [0.15, 0.2) is 57.9 Å². The van der Waals surface area contributed by atoms with Gasteiger partial charge in [-0.3, -0.25) is 9.78 Å². The van der Waals surface area contributed by atoms with Crippen molar-refractivity contribution >= 4 is 37.6 Å². The molecule has 0 saturated carbocycles. The maximum absolute atomic E-state index is 15.0. The van der Waals surface area contributed by atoms with Crippen molar-refractivity contribution < 1.29 is 9.13 Å². The quantitative estimate of drug-likeness (QED) is 0.441. The van der Waals surface area contributed by atoms with Gasteiger partial charge in [-0.1, -0.05) is 18.2 Å². The minimum absolute atomic E-state index is 0.247. The van der Waals surface area contributed by atoms with Crippen molar-refractivity contribution in [2.45, 2.75) is 13.5 Å². The molecule has 0 amide bonds. The lowest BCUT2D eigenvalue weighted by Gasteiger charge is -2.15. The molecule has 0 atom stereocenters. The molecule has 4 rings (SSSR count). The lowest BCUT2D eigenvalue weighted by atomic mass is 10.0. The van der Waals surface area contributed by atoms with Gasteiger partial charge in [0.1, 0.15) is 5.75 Å². The molecule has 2 heterocycles. The van der Waals surface area contributed by atoms with Crippen LogP contribution in [-0.2, 0) is 6.54 Å². The largest absolute Gasteiger partial charge is 0.497 e. The summed E-state index contributed by atoms with van der Waals surface area (Å²) >= 11 is 3.24. The molecule has 0 N–H and O–H groups in total. The zero-order valence-corrected chi connectivity index (χ0v) is 16.4. The van der Waals surface area contributed by atoms with Crippen molar-refractivity contribution in [3.05, 3.63) is 80.6 Å². The minimum atomic E-state index is -0.450. The maximum Gasteiger partial charge on any atom is 0.261 e. The summed E-state index contributed by atoms with van der Waals surface area (Å²) in [6.45, 7) is 2.04. The van der Waals surface area contributed by atoms with Gasteiger partial charge in [0.25, 0.3) is 5.56 Å². The highest BCUT2D eigenvalue weighted by atomic mass is 79.9. The molecule has 0 spiro atoms. The van der Waals surface area contributed by atoms with E-state index in [0.717, 1.165) is 11.3 Å². The second kappa shape index (κ2) is 6.78. The van der Waals surface area contributed by atoms with Crippen molar-refractivity contribution in [2.24, 2.45) is 0 Å². The Bertz CT molecular complexity index is 1230. The highest BCUT2D eigenvalue weighted by Crippen LogP contribution is 2.30. The van der Waals surface area contributed by atoms with Crippen LogP contribution in [0, 0.1) is 12.7 Å². The molecule has 136 valence electrons. The summed E-state index contributed by atoms with van der Waals surface area (Å²) in [6.07, 6.45) is 1.64. The van der Waals surface area contributed by atoms with E-state index in [1.54, 1.807) is 32.4 Å². The summed E-state index contributed by atoms with van der Waals surface area (Å²) in [4.78, 5) is 17.5. The second-order valence-electron chi connectivity index (χ2n) is 6.32. The Balaban J connectivity index is 2.07. The van der Waals surface area contributed by atoms with Crippen molar-refractivity contribution in [2.75, 3.05) is 7.11 Å². The van der Waals surface area contributed by atoms with Crippen LogP contribution in [0.3, 0.4) is 0 Å². The van der Waals surface area contributed by atoms with Gasteiger partial charge in [-0.2, -0.15) is 0 Å². The molecule has 27 heavy (non-hydrogen) atoms. The van der Waals surface area contributed by atoms with E-state index < -0.39 is 5.82 Å². The van der Waals surface area contributed by atoms with Crippen LogP contribution in [0.5, 0.6) is 5.75 Å². The topological polar surface area (TPSA) is 44.1 Å². The van der Waals surface area contributed by atoms with Crippen LogP contribution in [0.4, 0.5) is 4.39 Å². The number of nitrogens with zero attached hydrogens (tertiary/aromatic N) is 2. The number of aromatic nitrogens is 2. The van der Waals surface area contributed by atoms with Gasteiger partial charge in [-0.05, 0) is 58.1 Å². The minimum Gasteiger partial charge on any atom is -0.497 e. The zero-order chi connectivity index (χ0) is 19.1. The fraction of sp³-hybridized carbons (Fsp3) is 0.143. The number of hydrogen-bond acceptors (Lipinski definition) is 3. The predicted octanol–water partition coefficient (Wildman–Crippen LogP) is 4.82. The smallest absolute Gasteiger partial charge is 0.261 e. The van der Waals surface area contributed by atoms with Gasteiger partial charge >= 0.3 is 0 Å². The number of ether oxygens (including phenoxy) is 1. The van der Waals surface area contributed by atoms with Gasteiger partial charge < -0.3 is 9.30 Å². The highest BCUT2D eigenvalue weighted by Gasteiger charge is 2.18. The summed E-state index contributed by atoms with van der Waals surface area (Å²) < 4.78 is 22.0. The number of benzene rings is 2. The Morgan fingerprint density at radius 3 is 2.56 bits per heavy atom. The second-order valence-corrected chi connectivity index (χ2v) is 7.17. The molecule has 0 fully saturated rings. The lowest BCUT2D eigenvalue weighted by Crippen LogP contribution is -2.23. The van der Waals surface area contributed by atoms with Gasteiger partial charge in [0.05, 0.1) is 34.7 Å². The molecule has 0 unspecified atom stereocenters. The van der Waals surface area contributed by atoms with Gasteiger partial charge in [-0.15, -0.1) is 0 Å². The van der Waals surface area contributed by atoms with Gasteiger partial charge in [-0.25, -0.2) is 4.39 Å². The van der Waals surface area contributed by atoms with E-state index in [0.29, 0.717) is 26.3 Å². The van der Waals surface area contributed by atoms with Crippen molar-refractivity contribution in [1.29, 1.82) is 0 Å². The SMILES string of the molecule is COc1ccc(Cn2c(=O)c3c(C)nccc3c3ccc(Br)c(F)c32)cc1. The summed E-state index contributed by atoms with van der Waals surface area (Å²) in [5, 5.41) is 1.91. The van der Waals surface area contributed by atoms with Crippen LogP contribution in [-0.4, -0.2) is 16.7 Å². The van der Waals surface area contributed by atoms with E-state index in [1.165, 1.54) is 4.57 Å².